The van der Waals surface area contributed by atoms with E-state index in [9.17, 15) is 0 Å². The SMILES string of the molecule is COc1cc2c(cc1OC)SNC(C1Cc3ncnc(N4CCOCC4)c3CN1)=N2. The summed E-state index contributed by atoms with van der Waals surface area (Å²) in [5.41, 5.74) is 3.12. The first-order valence-corrected chi connectivity index (χ1v) is 10.7. The highest BCUT2D eigenvalue weighted by molar-refractivity contribution is 7.98. The Morgan fingerprint density at radius 2 is 1.93 bits per heavy atom. The summed E-state index contributed by atoms with van der Waals surface area (Å²) in [5.74, 6) is 3.27. The fourth-order valence-electron chi connectivity index (χ4n) is 3.95. The number of hydrogen-bond donors (Lipinski definition) is 2. The molecule has 1 atom stereocenters. The molecule has 5 rings (SSSR count). The molecule has 0 radical (unpaired) electrons. The molecular formula is C20H24N6O3S. The van der Waals surface area contributed by atoms with E-state index in [2.05, 4.69) is 24.9 Å². The lowest BCUT2D eigenvalue weighted by atomic mass is 10.00. The Kier molecular flexibility index (Phi) is 5.36. The van der Waals surface area contributed by atoms with Crippen molar-refractivity contribution < 1.29 is 14.2 Å². The van der Waals surface area contributed by atoms with Gasteiger partial charge in [-0.05, 0) is 11.9 Å². The van der Waals surface area contributed by atoms with Gasteiger partial charge in [0.15, 0.2) is 11.5 Å². The summed E-state index contributed by atoms with van der Waals surface area (Å²) < 4.78 is 19.7. The summed E-state index contributed by atoms with van der Waals surface area (Å²) in [6.07, 6.45) is 2.42. The number of anilines is 1. The van der Waals surface area contributed by atoms with E-state index in [1.54, 1.807) is 20.5 Å². The zero-order valence-electron chi connectivity index (χ0n) is 17.0. The largest absolute Gasteiger partial charge is 0.493 e. The van der Waals surface area contributed by atoms with Crippen molar-refractivity contribution in [2.24, 2.45) is 4.99 Å². The third-order valence-corrected chi connectivity index (χ3v) is 6.40. The van der Waals surface area contributed by atoms with Crippen LogP contribution in [0.25, 0.3) is 0 Å². The van der Waals surface area contributed by atoms with E-state index in [1.165, 1.54) is 17.5 Å². The molecule has 1 saturated heterocycles. The minimum atomic E-state index is 0.0543. The van der Waals surface area contributed by atoms with Gasteiger partial charge in [0.1, 0.15) is 18.0 Å². The second-order valence-corrected chi connectivity index (χ2v) is 8.08. The number of hydrogen-bond acceptors (Lipinski definition) is 10. The van der Waals surface area contributed by atoms with Crippen molar-refractivity contribution in [3.63, 3.8) is 0 Å². The fourth-order valence-corrected chi connectivity index (χ4v) is 4.73. The molecular weight excluding hydrogens is 404 g/mol. The van der Waals surface area contributed by atoms with E-state index < -0.39 is 0 Å². The number of morpholine rings is 1. The number of ether oxygens (including phenoxy) is 3. The number of fused-ring (bicyclic) bond motifs is 2. The quantitative estimate of drug-likeness (QED) is 0.706. The number of nitrogens with zero attached hydrogens (tertiary/aromatic N) is 4. The molecule has 2 N–H and O–H groups in total. The number of rotatable bonds is 4. The Balaban J connectivity index is 1.40. The Bertz CT molecular complexity index is 979. The summed E-state index contributed by atoms with van der Waals surface area (Å²) in [6, 6.07) is 3.91. The first-order valence-electron chi connectivity index (χ1n) is 9.93. The summed E-state index contributed by atoms with van der Waals surface area (Å²) in [7, 11) is 3.27. The Morgan fingerprint density at radius 3 is 2.73 bits per heavy atom. The number of benzene rings is 1. The molecule has 1 fully saturated rings. The second kappa shape index (κ2) is 8.29. The van der Waals surface area contributed by atoms with Crippen LogP contribution in [0.15, 0.2) is 28.3 Å². The van der Waals surface area contributed by atoms with Crippen LogP contribution >= 0.6 is 11.9 Å². The molecule has 10 heteroatoms. The van der Waals surface area contributed by atoms with Gasteiger partial charge in [0.05, 0.1) is 49.8 Å². The van der Waals surface area contributed by atoms with E-state index in [1.807, 2.05) is 12.1 Å². The van der Waals surface area contributed by atoms with Gasteiger partial charge in [-0.2, -0.15) is 0 Å². The lowest BCUT2D eigenvalue weighted by Crippen LogP contribution is -2.47. The van der Waals surface area contributed by atoms with Gasteiger partial charge in [-0.25, -0.2) is 15.0 Å². The molecule has 1 aromatic carbocycles. The maximum Gasteiger partial charge on any atom is 0.162 e. The van der Waals surface area contributed by atoms with Crippen LogP contribution < -0.4 is 24.4 Å². The number of aliphatic imine (C=N–C) groups is 1. The van der Waals surface area contributed by atoms with Crippen LogP contribution in [-0.4, -0.2) is 62.4 Å². The standard InChI is InChI=1S/C20H24N6O3S/c1-27-16-8-14-18(9-17(16)28-2)30-25-19(24-14)15-7-13-12(10-21-15)20(23-11-22-13)26-3-5-29-6-4-26/h8-9,11,15,21H,3-7,10H2,1-2H3,(H,24,25). The molecule has 30 heavy (non-hydrogen) atoms. The van der Waals surface area contributed by atoms with Crippen LogP contribution in [0.1, 0.15) is 11.3 Å². The predicted octanol–water partition coefficient (Wildman–Crippen LogP) is 1.69. The normalized spacial score (nSPS) is 20.5. The summed E-state index contributed by atoms with van der Waals surface area (Å²) in [4.78, 5) is 17.3. The first kappa shape index (κ1) is 19.4. The first-order chi connectivity index (χ1) is 14.8. The highest BCUT2D eigenvalue weighted by Gasteiger charge is 2.29. The minimum Gasteiger partial charge on any atom is -0.493 e. The fraction of sp³-hybridized carbons (Fsp3) is 0.450. The van der Waals surface area contributed by atoms with Crippen molar-refractivity contribution in [2.75, 3.05) is 45.4 Å². The minimum absolute atomic E-state index is 0.0543. The monoisotopic (exact) mass is 428 g/mol. The molecule has 2 aromatic rings. The van der Waals surface area contributed by atoms with E-state index in [0.29, 0.717) is 18.0 Å². The van der Waals surface area contributed by atoms with Crippen molar-refractivity contribution >= 4 is 29.3 Å². The summed E-state index contributed by atoms with van der Waals surface area (Å²) >= 11 is 1.54. The molecule has 1 aromatic heterocycles. The predicted molar refractivity (Wildman–Crippen MR) is 115 cm³/mol. The van der Waals surface area contributed by atoms with Crippen LogP contribution in [0.5, 0.6) is 11.5 Å². The zero-order valence-corrected chi connectivity index (χ0v) is 17.8. The average molecular weight is 429 g/mol. The highest BCUT2D eigenvalue weighted by Crippen LogP contribution is 2.41. The van der Waals surface area contributed by atoms with E-state index in [-0.39, 0.29) is 6.04 Å². The number of methoxy groups -OCH3 is 2. The number of aromatic nitrogens is 2. The third-order valence-electron chi connectivity index (χ3n) is 5.55. The average Bonchev–Trinajstić information content (AvgIpc) is 2.82. The van der Waals surface area contributed by atoms with Gasteiger partial charge in [-0.15, -0.1) is 0 Å². The maximum absolute atomic E-state index is 5.48. The smallest absolute Gasteiger partial charge is 0.162 e. The van der Waals surface area contributed by atoms with Crippen LogP contribution in [0.4, 0.5) is 11.5 Å². The molecule has 0 spiro atoms. The third kappa shape index (κ3) is 3.55. The zero-order chi connectivity index (χ0) is 20.5. The molecule has 0 saturated carbocycles. The van der Waals surface area contributed by atoms with Crippen molar-refractivity contribution in [2.45, 2.75) is 23.9 Å². The molecule has 0 aliphatic carbocycles. The Hall–Kier alpha value is -2.56. The van der Waals surface area contributed by atoms with Crippen LogP contribution in [0, 0.1) is 0 Å². The molecule has 0 amide bonds. The molecule has 9 nitrogen and oxygen atoms in total. The van der Waals surface area contributed by atoms with Gasteiger partial charge in [-0.3, -0.25) is 0 Å². The Labute approximate surface area is 179 Å². The molecule has 158 valence electrons. The van der Waals surface area contributed by atoms with Gasteiger partial charge < -0.3 is 29.1 Å². The van der Waals surface area contributed by atoms with Crippen molar-refractivity contribution in [3.05, 3.63) is 29.7 Å². The molecule has 1 unspecified atom stereocenters. The van der Waals surface area contributed by atoms with Gasteiger partial charge in [0.25, 0.3) is 0 Å². The second-order valence-electron chi connectivity index (χ2n) is 7.24. The molecule has 3 aliphatic heterocycles. The lowest BCUT2D eigenvalue weighted by molar-refractivity contribution is 0.122. The maximum atomic E-state index is 5.48. The van der Waals surface area contributed by atoms with Crippen LogP contribution in [-0.2, 0) is 17.7 Å². The van der Waals surface area contributed by atoms with Crippen molar-refractivity contribution in [3.8, 4) is 11.5 Å². The number of amidine groups is 1. The molecule has 3 aliphatic rings. The lowest BCUT2D eigenvalue weighted by Gasteiger charge is -2.33. The van der Waals surface area contributed by atoms with Crippen molar-refractivity contribution in [1.29, 1.82) is 0 Å². The van der Waals surface area contributed by atoms with Gasteiger partial charge in [0, 0.05) is 43.8 Å². The van der Waals surface area contributed by atoms with Gasteiger partial charge in [0.2, 0.25) is 0 Å². The van der Waals surface area contributed by atoms with Crippen LogP contribution in [0.2, 0.25) is 0 Å². The van der Waals surface area contributed by atoms with E-state index in [4.69, 9.17) is 19.2 Å². The summed E-state index contributed by atoms with van der Waals surface area (Å²) in [6.45, 7) is 3.90. The van der Waals surface area contributed by atoms with Crippen LogP contribution in [0.3, 0.4) is 0 Å². The van der Waals surface area contributed by atoms with Gasteiger partial charge >= 0.3 is 0 Å². The summed E-state index contributed by atoms with van der Waals surface area (Å²) in [5, 5.41) is 3.61. The topological polar surface area (TPSA) is 93.1 Å². The number of nitrogens with one attached hydrogen (secondary N) is 2. The van der Waals surface area contributed by atoms with E-state index in [0.717, 1.165) is 60.7 Å². The Morgan fingerprint density at radius 1 is 1.13 bits per heavy atom. The highest BCUT2D eigenvalue weighted by atomic mass is 32.2. The molecule has 0 bridgehead atoms. The van der Waals surface area contributed by atoms with Crippen molar-refractivity contribution in [1.82, 2.24) is 20.0 Å². The van der Waals surface area contributed by atoms with Gasteiger partial charge in [-0.1, -0.05) is 0 Å². The van der Waals surface area contributed by atoms with E-state index >= 15 is 0 Å². The molecule has 4 heterocycles.